The number of carbonyl (C=O) groups is 1. The molecule has 1 heterocycles. The number of nitrogens with one attached hydrogen (secondary N) is 1. The predicted molar refractivity (Wildman–Crippen MR) is 69.2 cm³/mol. The van der Waals surface area contributed by atoms with Crippen LogP contribution in [0.1, 0.15) is 22.5 Å². The maximum absolute atomic E-state index is 12.3. The molecular formula is C11H14F2N2OS2. The molecule has 1 aliphatic rings. The highest BCUT2D eigenvalue weighted by molar-refractivity contribution is 7.99. The van der Waals surface area contributed by atoms with Crippen LogP contribution in [0.15, 0.2) is 16.3 Å². The number of nitrogens with two attached hydrogens (primary N) is 1. The fourth-order valence-electron chi connectivity index (χ4n) is 1.63. The zero-order valence-corrected chi connectivity index (χ0v) is 11.2. The zero-order chi connectivity index (χ0) is 13.1. The number of hydrogen-bond donors (Lipinski definition) is 2. The average molecular weight is 292 g/mol. The normalized spacial score (nSPS) is 16.9. The summed E-state index contributed by atoms with van der Waals surface area (Å²) in [5, 5.41) is 4.35. The van der Waals surface area contributed by atoms with Gasteiger partial charge in [0.05, 0.1) is 0 Å². The molecular weight excluding hydrogens is 278 g/mol. The van der Waals surface area contributed by atoms with Crippen LogP contribution in [0.3, 0.4) is 0 Å². The molecule has 1 unspecified atom stereocenters. The van der Waals surface area contributed by atoms with Crippen molar-refractivity contribution in [2.24, 2.45) is 11.7 Å². The molecule has 0 bridgehead atoms. The third-order valence-corrected chi connectivity index (χ3v) is 4.59. The first-order valence-electron chi connectivity index (χ1n) is 5.64. The van der Waals surface area contributed by atoms with Gasteiger partial charge in [0.15, 0.2) is 0 Å². The SMILES string of the molecule is NC(CNC(=O)c1sccc1SC(F)F)C1CC1. The minimum atomic E-state index is -2.51. The van der Waals surface area contributed by atoms with Crippen LogP contribution in [-0.4, -0.2) is 24.3 Å². The van der Waals surface area contributed by atoms with E-state index in [2.05, 4.69) is 5.32 Å². The smallest absolute Gasteiger partial charge is 0.288 e. The highest BCUT2D eigenvalue weighted by Crippen LogP contribution is 2.33. The number of thioether (sulfide) groups is 1. The number of amides is 1. The van der Waals surface area contributed by atoms with E-state index in [1.54, 1.807) is 5.38 Å². The summed E-state index contributed by atoms with van der Waals surface area (Å²) in [7, 11) is 0. The summed E-state index contributed by atoms with van der Waals surface area (Å²) in [6.07, 6.45) is 2.23. The molecule has 1 aromatic rings. The maximum atomic E-state index is 12.3. The van der Waals surface area contributed by atoms with E-state index < -0.39 is 5.76 Å². The quantitative estimate of drug-likeness (QED) is 0.792. The van der Waals surface area contributed by atoms with Crippen molar-refractivity contribution in [1.29, 1.82) is 0 Å². The van der Waals surface area contributed by atoms with E-state index >= 15 is 0 Å². The number of rotatable bonds is 6. The first-order valence-corrected chi connectivity index (χ1v) is 7.40. The standard InChI is InChI=1S/C11H14F2N2OS2/c12-11(13)18-8-3-4-17-9(8)10(16)15-5-7(14)6-1-2-6/h3-4,6-7,11H,1-2,5,14H2,(H,15,16). The predicted octanol–water partition coefficient (Wildman–Crippen LogP) is 2.53. The van der Waals surface area contributed by atoms with E-state index in [0.717, 1.165) is 12.8 Å². The molecule has 3 N–H and O–H groups in total. The van der Waals surface area contributed by atoms with Crippen molar-refractivity contribution in [3.8, 4) is 0 Å². The Bertz CT molecular complexity index is 421. The number of hydrogen-bond acceptors (Lipinski definition) is 4. The third-order valence-electron chi connectivity index (χ3n) is 2.78. The van der Waals surface area contributed by atoms with E-state index in [9.17, 15) is 13.6 Å². The number of halogens is 2. The lowest BCUT2D eigenvalue weighted by molar-refractivity contribution is 0.0951. The molecule has 100 valence electrons. The lowest BCUT2D eigenvalue weighted by atomic mass is 10.2. The topological polar surface area (TPSA) is 55.1 Å². The summed E-state index contributed by atoms with van der Waals surface area (Å²) in [5.74, 6) is -2.33. The Labute approximate surface area is 112 Å². The van der Waals surface area contributed by atoms with Crippen molar-refractivity contribution in [3.63, 3.8) is 0 Å². The Morgan fingerprint density at radius 3 is 2.94 bits per heavy atom. The summed E-state index contributed by atoms with van der Waals surface area (Å²) in [4.78, 5) is 12.5. The number of carbonyl (C=O) groups excluding carboxylic acids is 1. The van der Waals surface area contributed by atoms with Crippen LogP contribution in [0.4, 0.5) is 8.78 Å². The van der Waals surface area contributed by atoms with E-state index in [4.69, 9.17) is 5.73 Å². The lowest BCUT2D eigenvalue weighted by Gasteiger charge is -2.11. The Morgan fingerprint density at radius 1 is 1.61 bits per heavy atom. The van der Waals surface area contributed by atoms with E-state index in [-0.39, 0.29) is 11.9 Å². The zero-order valence-electron chi connectivity index (χ0n) is 9.57. The maximum Gasteiger partial charge on any atom is 0.288 e. The summed E-state index contributed by atoms with van der Waals surface area (Å²) in [6, 6.07) is 1.51. The van der Waals surface area contributed by atoms with Gasteiger partial charge in [-0.2, -0.15) is 8.78 Å². The first-order chi connectivity index (χ1) is 8.58. The van der Waals surface area contributed by atoms with Gasteiger partial charge in [-0.05, 0) is 30.2 Å². The van der Waals surface area contributed by atoms with Gasteiger partial charge < -0.3 is 11.1 Å². The minimum absolute atomic E-state index is 0.0277. The molecule has 7 heteroatoms. The van der Waals surface area contributed by atoms with Crippen molar-refractivity contribution < 1.29 is 13.6 Å². The third kappa shape index (κ3) is 3.66. The summed E-state index contributed by atoms with van der Waals surface area (Å²) >= 11 is 1.57. The molecule has 0 radical (unpaired) electrons. The van der Waals surface area contributed by atoms with Crippen molar-refractivity contribution in [3.05, 3.63) is 16.3 Å². The van der Waals surface area contributed by atoms with Crippen LogP contribution in [-0.2, 0) is 0 Å². The van der Waals surface area contributed by atoms with Crippen LogP contribution in [0, 0.1) is 5.92 Å². The number of thiophene rings is 1. The van der Waals surface area contributed by atoms with Gasteiger partial charge in [-0.3, -0.25) is 4.79 Å². The molecule has 3 nitrogen and oxygen atoms in total. The molecule has 0 spiro atoms. The van der Waals surface area contributed by atoms with Gasteiger partial charge in [-0.25, -0.2) is 0 Å². The minimum Gasteiger partial charge on any atom is -0.350 e. The summed E-state index contributed by atoms with van der Waals surface area (Å²) in [6.45, 7) is 0.403. The molecule has 1 saturated carbocycles. The number of alkyl halides is 2. The Kier molecular flexibility index (Phi) is 4.58. The molecule has 18 heavy (non-hydrogen) atoms. The van der Waals surface area contributed by atoms with Crippen molar-refractivity contribution in [1.82, 2.24) is 5.32 Å². The van der Waals surface area contributed by atoms with E-state index in [1.807, 2.05) is 0 Å². The molecule has 1 aliphatic carbocycles. The van der Waals surface area contributed by atoms with Gasteiger partial charge in [0.25, 0.3) is 11.7 Å². The molecule has 2 rings (SSSR count). The van der Waals surface area contributed by atoms with Crippen molar-refractivity contribution >= 4 is 29.0 Å². The lowest BCUT2D eigenvalue weighted by Crippen LogP contribution is -2.38. The summed E-state index contributed by atoms with van der Waals surface area (Å²) in [5.41, 5.74) is 5.86. The van der Waals surface area contributed by atoms with Gasteiger partial charge in [-0.1, -0.05) is 11.8 Å². The van der Waals surface area contributed by atoms with Crippen molar-refractivity contribution in [2.75, 3.05) is 6.54 Å². The Morgan fingerprint density at radius 2 is 2.33 bits per heavy atom. The molecule has 1 fully saturated rings. The van der Waals surface area contributed by atoms with E-state index in [1.165, 1.54) is 17.4 Å². The van der Waals surface area contributed by atoms with Gasteiger partial charge in [-0.15, -0.1) is 11.3 Å². The highest BCUT2D eigenvalue weighted by atomic mass is 32.2. The average Bonchev–Trinajstić information content (AvgIpc) is 3.06. The van der Waals surface area contributed by atoms with E-state index in [0.29, 0.717) is 34.0 Å². The highest BCUT2D eigenvalue weighted by Gasteiger charge is 2.28. The van der Waals surface area contributed by atoms with Crippen molar-refractivity contribution in [2.45, 2.75) is 29.5 Å². The second-order valence-electron chi connectivity index (χ2n) is 4.20. The van der Waals surface area contributed by atoms with Gasteiger partial charge in [0, 0.05) is 17.5 Å². The monoisotopic (exact) mass is 292 g/mol. The van der Waals surface area contributed by atoms with Gasteiger partial charge in [0.2, 0.25) is 0 Å². The second-order valence-corrected chi connectivity index (χ2v) is 6.15. The fourth-order valence-corrected chi connectivity index (χ4v) is 3.25. The summed E-state index contributed by atoms with van der Waals surface area (Å²) < 4.78 is 24.6. The van der Waals surface area contributed by atoms with Gasteiger partial charge in [0.1, 0.15) is 4.88 Å². The molecule has 1 aromatic heterocycles. The molecule has 0 aromatic carbocycles. The first kappa shape index (κ1) is 13.8. The van der Waals surface area contributed by atoms with Gasteiger partial charge >= 0.3 is 0 Å². The van der Waals surface area contributed by atoms with Crippen LogP contribution in [0.25, 0.3) is 0 Å². The Balaban J connectivity index is 1.89. The molecule has 0 saturated heterocycles. The fraction of sp³-hybridized carbons (Fsp3) is 0.545. The molecule has 0 aliphatic heterocycles. The Hall–Kier alpha value is -0.660. The van der Waals surface area contributed by atoms with Crippen LogP contribution < -0.4 is 11.1 Å². The molecule has 1 amide bonds. The second kappa shape index (κ2) is 5.99. The van der Waals surface area contributed by atoms with Crippen LogP contribution >= 0.6 is 23.1 Å². The molecule has 1 atom stereocenters. The van der Waals surface area contributed by atoms with Crippen LogP contribution in [0.5, 0.6) is 0 Å². The largest absolute Gasteiger partial charge is 0.350 e. The van der Waals surface area contributed by atoms with Crippen LogP contribution in [0.2, 0.25) is 0 Å².